The molecule has 4 amide bonds. The number of pyridine rings is 1. The fourth-order valence-corrected chi connectivity index (χ4v) is 3.99. The highest BCUT2D eigenvalue weighted by Gasteiger charge is 2.26. The molecule has 0 aliphatic carbocycles. The van der Waals surface area contributed by atoms with Crippen LogP contribution in [-0.4, -0.2) is 70.3 Å². The Balaban J connectivity index is 1.39. The zero-order valence-corrected chi connectivity index (χ0v) is 19.4. The summed E-state index contributed by atoms with van der Waals surface area (Å²) in [6.45, 7) is 0.757. The van der Waals surface area contributed by atoms with Gasteiger partial charge in [0.15, 0.2) is 0 Å². The number of benzene rings is 1. The number of piperidine rings is 1. The van der Waals surface area contributed by atoms with Gasteiger partial charge in [0, 0.05) is 44.0 Å². The van der Waals surface area contributed by atoms with Gasteiger partial charge in [0.25, 0.3) is 0 Å². The van der Waals surface area contributed by atoms with Gasteiger partial charge < -0.3 is 25.4 Å². The minimum absolute atomic E-state index is 0.217. The van der Waals surface area contributed by atoms with Crippen molar-refractivity contribution in [2.75, 3.05) is 32.1 Å². The molecule has 11 nitrogen and oxygen atoms in total. The lowest BCUT2D eigenvalue weighted by Crippen LogP contribution is -2.52. The standard InChI is InChI=1S/C24H28N6O5/c1-25-24(34)30-12-8-16-13-17(5-6-20(16)30)35-18-7-9-26-21(14-18)28-23(33)27-19(15-31)22(32)29-10-3-2-4-11-29/h5-9,12-14,19,31H,2-4,10-11,15H2,1H3,(H,25,34)(H2,26,27,28,33). The molecule has 0 saturated carbocycles. The molecule has 1 aromatic carbocycles. The van der Waals surface area contributed by atoms with Gasteiger partial charge in [-0.2, -0.15) is 0 Å². The summed E-state index contributed by atoms with van der Waals surface area (Å²) >= 11 is 0. The van der Waals surface area contributed by atoms with Gasteiger partial charge in [-0.25, -0.2) is 14.6 Å². The largest absolute Gasteiger partial charge is 0.457 e. The van der Waals surface area contributed by atoms with Gasteiger partial charge in [0.1, 0.15) is 23.4 Å². The Morgan fingerprint density at radius 2 is 1.86 bits per heavy atom. The molecule has 4 N–H and O–H groups in total. The third-order valence-corrected chi connectivity index (χ3v) is 5.76. The average Bonchev–Trinajstić information content (AvgIpc) is 3.30. The number of carbonyl (C=O) groups excluding carboxylic acids is 3. The number of fused-ring (bicyclic) bond motifs is 1. The molecule has 2 aromatic heterocycles. The Labute approximate surface area is 202 Å². The number of carbonyl (C=O) groups is 3. The van der Waals surface area contributed by atoms with Crippen LogP contribution in [0.2, 0.25) is 0 Å². The number of aliphatic hydroxyl groups excluding tert-OH is 1. The van der Waals surface area contributed by atoms with Gasteiger partial charge in [-0.1, -0.05) is 0 Å². The minimum Gasteiger partial charge on any atom is -0.457 e. The smallest absolute Gasteiger partial charge is 0.325 e. The van der Waals surface area contributed by atoms with Crippen molar-refractivity contribution in [3.8, 4) is 11.5 Å². The van der Waals surface area contributed by atoms with Crippen molar-refractivity contribution in [2.24, 2.45) is 0 Å². The highest BCUT2D eigenvalue weighted by molar-refractivity contribution is 5.93. The molecule has 1 unspecified atom stereocenters. The highest BCUT2D eigenvalue weighted by atomic mass is 16.5. The van der Waals surface area contributed by atoms with Crippen molar-refractivity contribution in [2.45, 2.75) is 25.3 Å². The predicted molar refractivity (Wildman–Crippen MR) is 130 cm³/mol. The van der Waals surface area contributed by atoms with Crippen LogP contribution >= 0.6 is 0 Å². The first-order chi connectivity index (χ1) is 17.0. The van der Waals surface area contributed by atoms with Crippen molar-refractivity contribution < 1.29 is 24.2 Å². The van der Waals surface area contributed by atoms with Crippen molar-refractivity contribution >= 4 is 34.7 Å². The highest BCUT2D eigenvalue weighted by Crippen LogP contribution is 2.27. The number of ether oxygens (including phenoxy) is 1. The molecular weight excluding hydrogens is 452 g/mol. The van der Waals surface area contributed by atoms with Gasteiger partial charge in [-0.05, 0) is 49.6 Å². The number of urea groups is 1. The summed E-state index contributed by atoms with van der Waals surface area (Å²) in [6.07, 6.45) is 6.06. The minimum atomic E-state index is -1.03. The van der Waals surface area contributed by atoms with E-state index in [9.17, 15) is 19.5 Å². The number of nitrogens with zero attached hydrogens (tertiary/aromatic N) is 3. The van der Waals surface area contributed by atoms with Crippen LogP contribution in [0.15, 0.2) is 48.8 Å². The Bertz CT molecular complexity index is 1220. The Morgan fingerprint density at radius 1 is 1.09 bits per heavy atom. The summed E-state index contributed by atoms with van der Waals surface area (Å²) in [5.74, 6) is 0.895. The first kappa shape index (κ1) is 24.0. The lowest BCUT2D eigenvalue weighted by molar-refractivity contribution is -0.135. The second kappa shape index (κ2) is 10.9. The van der Waals surface area contributed by atoms with E-state index < -0.39 is 18.7 Å². The van der Waals surface area contributed by atoms with Crippen molar-refractivity contribution in [1.29, 1.82) is 0 Å². The monoisotopic (exact) mass is 480 g/mol. The molecular formula is C24H28N6O5. The van der Waals surface area contributed by atoms with Gasteiger partial charge in [-0.3, -0.25) is 14.7 Å². The van der Waals surface area contributed by atoms with Gasteiger partial charge >= 0.3 is 12.1 Å². The van der Waals surface area contributed by atoms with Gasteiger partial charge in [0.05, 0.1) is 12.1 Å². The molecule has 0 spiro atoms. The van der Waals surface area contributed by atoms with E-state index in [0.717, 1.165) is 30.2 Å². The van der Waals surface area contributed by atoms with Crippen LogP contribution in [0.25, 0.3) is 10.9 Å². The molecule has 3 heterocycles. The number of anilines is 1. The van der Waals surface area contributed by atoms with Crippen LogP contribution < -0.4 is 20.7 Å². The van der Waals surface area contributed by atoms with Crippen LogP contribution in [0.3, 0.4) is 0 Å². The maximum atomic E-state index is 12.6. The van der Waals surface area contributed by atoms with Gasteiger partial charge in [-0.15, -0.1) is 0 Å². The molecule has 1 saturated heterocycles. The van der Waals surface area contributed by atoms with E-state index in [0.29, 0.717) is 24.6 Å². The van der Waals surface area contributed by atoms with E-state index in [1.54, 1.807) is 48.5 Å². The summed E-state index contributed by atoms with van der Waals surface area (Å²) in [5, 5.41) is 18.1. The lowest BCUT2D eigenvalue weighted by Gasteiger charge is -2.30. The number of amides is 4. The molecule has 1 aliphatic rings. The van der Waals surface area contributed by atoms with E-state index >= 15 is 0 Å². The van der Waals surface area contributed by atoms with Crippen LogP contribution in [0.1, 0.15) is 19.3 Å². The second-order valence-corrected chi connectivity index (χ2v) is 8.16. The molecule has 4 rings (SSSR count). The van der Waals surface area contributed by atoms with Crippen LogP contribution in [0, 0.1) is 0 Å². The SMILES string of the molecule is CNC(=O)n1ccc2cc(Oc3ccnc(NC(=O)NC(CO)C(=O)N4CCCCC4)c3)ccc21. The summed E-state index contributed by atoms with van der Waals surface area (Å²) in [7, 11) is 1.57. The molecule has 11 heteroatoms. The third kappa shape index (κ3) is 5.69. The maximum absolute atomic E-state index is 12.6. The summed E-state index contributed by atoms with van der Waals surface area (Å²) in [6, 6.07) is 8.38. The number of nitrogens with one attached hydrogen (secondary N) is 3. The molecule has 0 radical (unpaired) electrons. The number of aliphatic hydroxyl groups is 1. The summed E-state index contributed by atoms with van der Waals surface area (Å²) in [5.41, 5.74) is 0.739. The van der Waals surface area contributed by atoms with Gasteiger partial charge in [0.2, 0.25) is 5.91 Å². The van der Waals surface area contributed by atoms with Crippen molar-refractivity contribution in [1.82, 2.24) is 25.1 Å². The summed E-state index contributed by atoms with van der Waals surface area (Å²) < 4.78 is 7.40. The Kier molecular flexibility index (Phi) is 7.46. The van der Waals surface area contributed by atoms with E-state index in [1.165, 1.54) is 10.8 Å². The fourth-order valence-electron chi connectivity index (χ4n) is 3.99. The van der Waals surface area contributed by atoms with E-state index in [4.69, 9.17) is 4.74 Å². The van der Waals surface area contributed by atoms with Crippen molar-refractivity contribution in [3.05, 3.63) is 48.8 Å². The van der Waals surface area contributed by atoms with Crippen LogP contribution in [-0.2, 0) is 4.79 Å². The van der Waals surface area contributed by atoms with Crippen molar-refractivity contribution in [3.63, 3.8) is 0 Å². The van der Waals surface area contributed by atoms with E-state index in [1.807, 2.05) is 6.07 Å². The zero-order valence-electron chi connectivity index (χ0n) is 19.4. The topological polar surface area (TPSA) is 138 Å². The summed E-state index contributed by atoms with van der Waals surface area (Å²) in [4.78, 5) is 42.7. The molecule has 35 heavy (non-hydrogen) atoms. The number of rotatable bonds is 6. The normalized spacial score (nSPS) is 14.3. The molecule has 1 atom stereocenters. The first-order valence-corrected chi connectivity index (χ1v) is 11.4. The second-order valence-electron chi connectivity index (χ2n) is 8.16. The number of hydrogen-bond acceptors (Lipinski definition) is 6. The number of hydrogen-bond donors (Lipinski definition) is 4. The molecule has 1 fully saturated rings. The maximum Gasteiger partial charge on any atom is 0.325 e. The Morgan fingerprint density at radius 3 is 2.60 bits per heavy atom. The number of aromatic nitrogens is 2. The molecule has 1 aliphatic heterocycles. The third-order valence-electron chi connectivity index (χ3n) is 5.76. The molecule has 0 bridgehead atoms. The van der Waals surface area contributed by atoms with Crippen LogP contribution in [0.5, 0.6) is 11.5 Å². The number of likely N-dealkylation sites (tertiary alicyclic amines) is 1. The fraction of sp³-hybridized carbons (Fsp3) is 0.333. The Hall–Kier alpha value is -4.12. The first-order valence-electron chi connectivity index (χ1n) is 11.4. The average molecular weight is 481 g/mol. The molecule has 3 aromatic rings. The molecule has 184 valence electrons. The zero-order chi connectivity index (χ0) is 24.8. The van der Waals surface area contributed by atoms with Crippen LogP contribution in [0.4, 0.5) is 15.4 Å². The van der Waals surface area contributed by atoms with E-state index in [-0.39, 0.29) is 17.8 Å². The van der Waals surface area contributed by atoms with E-state index in [2.05, 4.69) is 20.9 Å². The lowest BCUT2D eigenvalue weighted by atomic mass is 10.1. The predicted octanol–water partition coefficient (Wildman–Crippen LogP) is 2.51. The quantitative estimate of drug-likeness (QED) is 0.428.